The van der Waals surface area contributed by atoms with E-state index < -0.39 is 12.3 Å². The number of rotatable bonds is 4. The van der Waals surface area contributed by atoms with Gasteiger partial charge in [0.2, 0.25) is 5.89 Å². The van der Waals surface area contributed by atoms with Crippen LogP contribution in [0.2, 0.25) is 0 Å². The molecule has 0 spiro atoms. The van der Waals surface area contributed by atoms with E-state index in [1.54, 1.807) is 18.2 Å². The number of hydrogen-bond acceptors (Lipinski definition) is 8. The molecule has 0 saturated carbocycles. The van der Waals surface area contributed by atoms with Crippen LogP contribution < -0.4 is 10.1 Å². The highest BCUT2D eigenvalue weighted by molar-refractivity contribution is 7.00. The summed E-state index contributed by atoms with van der Waals surface area (Å²) in [6, 6.07) is 9.53. The van der Waals surface area contributed by atoms with Gasteiger partial charge in [-0.3, -0.25) is 10.1 Å². The number of fused-ring (bicyclic) bond motifs is 1. The molecule has 12 heteroatoms. The SMILES string of the molecule is O=C(Nc1nnc(-c2ccc(OC(F)(F)F)cc2)o1)c1ccc2nsnc2c1. The van der Waals surface area contributed by atoms with Crippen molar-refractivity contribution in [1.29, 1.82) is 0 Å². The van der Waals surface area contributed by atoms with Crippen LogP contribution in [0.25, 0.3) is 22.5 Å². The van der Waals surface area contributed by atoms with Gasteiger partial charge in [0.15, 0.2) is 0 Å². The molecule has 0 aliphatic carbocycles. The molecule has 4 aromatic rings. The van der Waals surface area contributed by atoms with E-state index in [0.717, 1.165) is 23.9 Å². The summed E-state index contributed by atoms with van der Waals surface area (Å²) in [5.74, 6) is -0.844. The van der Waals surface area contributed by atoms with Crippen LogP contribution in [0.15, 0.2) is 46.9 Å². The molecule has 2 aromatic heterocycles. The van der Waals surface area contributed by atoms with Gasteiger partial charge in [0.05, 0.1) is 11.7 Å². The largest absolute Gasteiger partial charge is 0.573 e. The van der Waals surface area contributed by atoms with Crippen LogP contribution in [-0.2, 0) is 0 Å². The van der Waals surface area contributed by atoms with Crippen LogP contribution in [0.1, 0.15) is 10.4 Å². The second-order valence-electron chi connectivity index (χ2n) is 5.41. The van der Waals surface area contributed by atoms with Crippen LogP contribution in [-0.4, -0.2) is 31.2 Å². The summed E-state index contributed by atoms with van der Waals surface area (Å²) < 4.78 is 53.8. The summed E-state index contributed by atoms with van der Waals surface area (Å²) >= 11 is 1.04. The molecule has 28 heavy (non-hydrogen) atoms. The summed E-state index contributed by atoms with van der Waals surface area (Å²) in [6.45, 7) is 0. The van der Waals surface area contributed by atoms with E-state index in [4.69, 9.17) is 4.42 Å². The lowest BCUT2D eigenvalue weighted by atomic mass is 10.2. The molecule has 0 aliphatic heterocycles. The number of aromatic nitrogens is 4. The molecule has 0 saturated heterocycles. The normalized spacial score (nSPS) is 11.5. The minimum Gasteiger partial charge on any atom is -0.406 e. The van der Waals surface area contributed by atoms with Crippen LogP contribution in [0.5, 0.6) is 5.75 Å². The van der Waals surface area contributed by atoms with Gasteiger partial charge in [-0.1, -0.05) is 5.10 Å². The fraction of sp³-hybridized carbons (Fsp3) is 0.0625. The lowest BCUT2D eigenvalue weighted by Gasteiger charge is -2.08. The molecule has 1 amide bonds. The third kappa shape index (κ3) is 3.91. The molecular formula is C16H8F3N5O3S. The van der Waals surface area contributed by atoms with Gasteiger partial charge in [-0.05, 0) is 42.5 Å². The number of ether oxygens (including phenoxy) is 1. The molecule has 2 aromatic carbocycles. The first-order valence-corrected chi connectivity index (χ1v) is 8.34. The maximum atomic E-state index is 12.3. The predicted molar refractivity (Wildman–Crippen MR) is 91.8 cm³/mol. The molecule has 0 bridgehead atoms. The molecule has 0 unspecified atom stereocenters. The molecule has 8 nitrogen and oxygen atoms in total. The van der Waals surface area contributed by atoms with Crippen LogP contribution in [0, 0.1) is 0 Å². The lowest BCUT2D eigenvalue weighted by Crippen LogP contribution is -2.16. The van der Waals surface area contributed by atoms with E-state index in [0.29, 0.717) is 22.2 Å². The summed E-state index contributed by atoms with van der Waals surface area (Å²) in [4.78, 5) is 12.3. The maximum Gasteiger partial charge on any atom is 0.573 e. The lowest BCUT2D eigenvalue weighted by molar-refractivity contribution is -0.274. The van der Waals surface area contributed by atoms with Crippen molar-refractivity contribution in [3.8, 4) is 17.2 Å². The second-order valence-corrected chi connectivity index (χ2v) is 5.93. The highest BCUT2D eigenvalue weighted by Gasteiger charge is 2.31. The number of alkyl halides is 3. The molecule has 0 aliphatic rings. The van der Waals surface area contributed by atoms with Gasteiger partial charge in [0.25, 0.3) is 5.91 Å². The first-order valence-electron chi connectivity index (χ1n) is 7.61. The summed E-state index contributed by atoms with van der Waals surface area (Å²) in [5.41, 5.74) is 1.95. The summed E-state index contributed by atoms with van der Waals surface area (Å²) in [7, 11) is 0. The maximum absolute atomic E-state index is 12.3. The number of nitrogens with one attached hydrogen (secondary N) is 1. The van der Waals surface area contributed by atoms with E-state index in [9.17, 15) is 18.0 Å². The minimum absolute atomic E-state index is 0.0213. The molecule has 142 valence electrons. The van der Waals surface area contributed by atoms with Gasteiger partial charge < -0.3 is 9.15 Å². The third-order valence-corrected chi connectivity index (χ3v) is 4.05. The Morgan fingerprint density at radius 1 is 1.04 bits per heavy atom. The van der Waals surface area contributed by atoms with Crippen molar-refractivity contribution in [2.75, 3.05) is 5.32 Å². The Hall–Kier alpha value is -3.54. The number of carbonyl (C=O) groups is 1. The number of hydrogen-bond donors (Lipinski definition) is 1. The molecule has 2 heterocycles. The van der Waals surface area contributed by atoms with Crippen molar-refractivity contribution < 1.29 is 27.1 Å². The average Bonchev–Trinajstić information content (AvgIpc) is 3.29. The number of nitrogens with zero attached hydrogens (tertiary/aromatic N) is 4. The van der Waals surface area contributed by atoms with Crippen molar-refractivity contribution >= 4 is 34.7 Å². The molecule has 4 rings (SSSR count). The smallest absolute Gasteiger partial charge is 0.406 e. The second kappa shape index (κ2) is 6.88. The Kier molecular flexibility index (Phi) is 4.39. The van der Waals surface area contributed by atoms with Crippen LogP contribution in [0.3, 0.4) is 0 Å². The summed E-state index contributed by atoms with van der Waals surface area (Å²) in [6.07, 6.45) is -4.78. The zero-order chi connectivity index (χ0) is 19.7. The number of benzene rings is 2. The van der Waals surface area contributed by atoms with Crippen molar-refractivity contribution in [3.63, 3.8) is 0 Å². The number of amides is 1. The number of halogens is 3. The molecular weight excluding hydrogens is 399 g/mol. The Morgan fingerprint density at radius 2 is 1.79 bits per heavy atom. The molecule has 0 atom stereocenters. The standard InChI is InChI=1S/C16H8F3N5O3S/c17-16(18,19)27-10-4-1-8(2-5-10)14-21-22-15(26-14)20-13(25)9-3-6-11-12(7-9)24-28-23-11/h1-7H,(H,20,22,25). The van der Waals surface area contributed by atoms with Gasteiger partial charge in [-0.2, -0.15) is 8.75 Å². The first-order chi connectivity index (χ1) is 13.4. The molecule has 0 radical (unpaired) electrons. The fourth-order valence-electron chi connectivity index (χ4n) is 2.28. The van der Waals surface area contributed by atoms with E-state index in [-0.39, 0.29) is 17.7 Å². The molecule has 1 N–H and O–H groups in total. The third-order valence-electron chi connectivity index (χ3n) is 3.50. The molecule has 0 fully saturated rings. The average molecular weight is 407 g/mol. The van der Waals surface area contributed by atoms with Crippen molar-refractivity contribution in [3.05, 3.63) is 48.0 Å². The Morgan fingerprint density at radius 3 is 2.54 bits per heavy atom. The van der Waals surface area contributed by atoms with Gasteiger partial charge in [0, 0.05) is 11.1 Å². The van der Waals surface area contributed by atoms with Gasteiger partial charge in [-0.15, -0.1) is 18.3 Å². The zero-order valence-corrected chi connectivity index (χ0v) is 14.4. The summed E-state index contributed by atoms with van der Waals surface area (Å²) in [5, 5.41) is 9.92. The fourth-order valence-corrected chi connectivity index (χ4v) is 2.80. The van der Waals surface area contributed by atoms with Gasteiger partial charge in [0.1, 0.15) is 16.8 Å². The van der Waals surface area contributed by atoms with E-state index in [2.05, 4.69) is 29.0 Å². The zero-order valence-electron chi connectivity index (χ0n) is 13.6. The minimum atomic E-state index is -4.78. The monoisotopic (exact) mass is 407 g/mol. The van der Waals surface area contributed by atoms with E-state index in [1.807, 2.05) is 0 Å². The Balaban J connectivity index is 1.47. The first kappa shape index (κ1) is 17.9. The van der Waals surface area contributed by atoms with Gasteiger partial charge >= 0.3 is 12.4 Å². The van der Waals surface area contributed by atoms with E-state index >= 15 is 0 Å². The van der Waals surface area contributed by atoms with E-state index in [1.165, 1.54) is 12.1 Å². The predicted octanol–water partition coefficient (Wildman–Crippen LogP) is 3.89. The van der Waals surface area contributed by atoms with Crippen molar-refractivity contribution in [2.45, 2.75) is 6.36 Å². The quantitative estimate of drug-likeness (QED) is 0.547. The van der Waals surface area contributed by atoms with Crippen LogP contribution in [0.4, 0.5) is 19.2 Å². The number of carbonyl (C=O) groups excluding carboxylic acids is 1. The van der Waals surface area contributed by atoms with Gasteiger partial charge in [-0.25, -0.2) is 0 Å². The van der Waals surface area contributed by atoms with Crippen molar-refractivity contribution in [2.24, 2.45) is 0 Å². The van der Waals surface area contributed by atoms with Crippen molar-refractivity contribution in [1.82, 2.24) is 18.9 Å². The highest BCUT2D eigenvalue weighted by atomic mass is 32.1. The number of anilines is 1. The van der Waals surface area contributed by atoms with Crippen LogP contribution >= 0.6 is 11.7 Å². The Labute approximate surface area is 158 Å². The Bertz CT molecular complexity index is 1140. The topological polar surface area (TPSA) is 103 Å². The highest BCUT2D eigenvalue weighted by Crippen LogP contribution is 2.26.